The number of thiazole rings is 1. The molecule has 1 unspecified atom stereocenters. The quantitative estimate of drug-likeness (QED) is 0.665. The van der Waals surface area contributed by atoms with Gasteiger partial charge >= 0.3 is 0 Å². The largest absolute Gasteiger partial charge is 0.493 e. The van der Waals surface area contributed by atoms with E-state index < -0.39 is 0 Å². The summed E-state index contributed by atoms with van der Waals surface area (Å²) < 4.78 is 10.6. The molecule has 26 heavy (non-hydrogen) atoms. The maximum atomic E-state index is 12.2. The first-order valence-corrected chi connectivity index (χ1v) is 9.65. The molecule has 7 heteroatoms. The van der Waals surface area contributed by atoms with E-state index in [0.717, 1.165) is 35.5 Å². The van der Waals surface area contributed by atoms with E-state index in [0.29, 0.717) is 18.0 Å². The highest BCUT2D eigenvalue weighted by atomic mass is 32.1. The minimum Gasteiger partial charge on any atom is -0.493 e. The smallest absolute Gasteiger partial charge is 0.226 e. The van der Waals surface area contributed by atoms with Crippen LogP contribution in [0.3, 0.4) is 0 Å². The summed E-state index contributed by atoms with van der Waals surface area (Å²) in [6.45, 7) is 2.58. The van der Waals surface area contributed by atoms with Crippen LogP contribution in [0.4, 0.5) is 0 Å². The Morgan fingerprint density at radius 3 is 2.73 bits per heavy atom. The van der Waals surface area contributed by atoms with Crippen molar-refractivity contribution in [3.05, 3.63) is 29.3 Å². The van der Waals surface area contributed by atoms with Crippen LogP contribution in [0.25, 0.3) is 10.6 Å². The van der Waals surface area contributed by atoms with Crippen molar-refractivity contribution < 1.29 is 14.3 Å². The minimum absolute atomic E-state index is 0.0337. The number of benzene rings is 1. The molecule has 0 fully saturated rings. The topological polar surface area (TPSA) is 86.5 Å². The standard InChI is InChI=1S/C19H27N3O3S/c1-4-5-6-14(11-20)21-18(23)10-15-12-26-19(22-15)13-7-8-16(24-2)17(9-13)25-3/h7-9,12,14H,4-6,10-11,20H2,1-3H3,(H,21,23). The molecule has 142 valence electrons. The number of nitrogens with two attached hydrogens (primary N) is 1. The van der Waals surface area contributed by atoms with E-state index >= 15 is 0 Å². The number of amides is 1. The Hall–Kier alpha value is -2.12. The first-order valence-electron chi connectivity index (χ1n) is 8.77. The van der Waals surface area contributed by atoms with Crippen molar-refractivity contribution in [1.29, 1.82) is 0 Å². The summed E-state index contributed by atoms with van der Waals surface area (Å²) in [4.78, 5) is 16.8. The second-order valence-electron chi connectivity index (χ2n) is 6.03. The first-order chi connectivity index (χ1) is 12.6. The highest BCUT2D eigenvalue weighted by molar-refractivity contribution is 7.13. The third-order valence-corrected chi connectivity index (χ3v) is 5.02. The van der Waals surface area contributed by atoms with Crippen LogP contribution in [0, 0.1) is 0 Å². The summed E-state index contributed by atoms with van der Waals surface area (Å²) in [5.41, 5.74) is 7.42. The SMILES string of the molecule is CCCCC(CN)NC(=O)Cc1csc(-c2ccc(OC)c(OC)c2)n1. The minimum atomic E-state index is -0.0410. The molecule has 6 nitrogen and oxygen atoms in total. The van der Waals surface area contributed by atoms with Crippen molar-refractivity contribution in [3.8, 4) is 22.1 Å². The fraction of sp³-hybridized carbons (Fsp3) is 0.474. The lowest BCUT2D eigenvalue weighted by atomic mass is 10.1. The Morgan fingerprint density at radius 2 is 2.08 bits per heavy atom. The molecule has 0 aliphatic rings. The summed E-state index contributed by atoms with van der Waals surface area (Å²) in [6.07, 6.45) is 3.31. The van der Waals surface area contributed by atoms with Gasteiger partial charge in [0.15, 0.2) is 11.5 Å². The van der Waals surface area contributed by atoms with E-state index in [-0.39, 0.29) is 18.4 Å². The normalized spacial score (nSPS) is 11.8. The molecule has 0 spiro atoms. The molecule has 1 aromatic carbocycles. The number of hydrogen-bond donors (Lipinski definition) is 2. The monoisotopic (exact) mass is 377 g/mol. The number of aromatic nitrogens is 1. The van der Waals surface area contributed by atoms with Gasteiger partial charge in [0.1, 0.15) is 5.01 Å². The third-order valence-electron chi connectivity index (χ3n) is 4.08. The summed E-state index contributed by atoms with van der Waals surface area (Å²) in [5, 5.41) is 5.75. The molecular weight excluding hydrogens is 350 g/mol. The van der Waals surface area contributed by atoms with Gasteiger partial charge < -0.3 is 20.5 Å². The van der Waals surface area contributed by atoms with Crippen LogP contribution >= 0.6 is 11.3 Å². The Labute approximate surface area is 158 Å². The number of unbranched alkanes of at least 4 members (excludes halogenated alkanes) is 1. The van der Waals surface area contributed by atoms with Gasteiger partial charge in [-0.15, -0.1) is 11.3 Å². The first kappa shape index (κ1) is 20.2. The van der Waals surface area contributed by atoms with Crippen LogP contribution in [-0.4, -0.2) is 37.7 Å². The molecule has 0 aliphatic heterocycles. The Kier molecular flexibility index (Phi) is 7.87. The number of hydrogen-bond acceptors (Lipinski definition) is 6. The van der Waals surface area contributed by atoms with Crippen LogP contribution in [0.15, 0.2) is 23.6 Å². The van der Waals surface area contributed by atoms with Crippen molar-refractivity contribution in [2.45, 2.75) is 38.6 Å². The van der Waals surface area contributed by atoms with Gasteiger partial charge in [0.05, 0.1) is 26.3 Å². The van der Waals surface area contributed by atoms with Crippen LogP contribution in [0.5, 0.6) is 11.5 Å². The molecule has 2 rings (SSSR count). The van der Waals surface area contributed by atoms with E-state index in [1.54, 1.807) is 14.2 Å². The molecule has 0 radical (unpaired) electrons. The molecular formula is C19H27N3O3S. The highest BCUT2D eigenvalue weighted by Gasteiger charge is 2.14. The molecule has 0 saturated heterocycles. The highest BCUT2D eigenvalue weighted by Crippen LogP contribution is 2.33. The van der Waals surface area contributed by atoms with Crippen LogP contribution < -0.4 is 20.5 Å². The molecule has 1 atom stereocenters. The average Bonchev–Trinajstić information content (AvgIpc) is 3.12. The van der Waals surface area contributed by atoms with Gasteiger partial charge in [-0.25, -0.2) is 4.98 Å². The molecule has 0 saturated carbocycles. The molecule has 1 aromatic heterocycles. The molecule has 2 aromatic rings. The lowest BCUT2D eigenvalue weighted by Gasteiger charge is -2.15. The van der Waals surface area contributed by atoms with Crippen molar-refractivity contribution in [2.75, 3.05) is 20.8 Å². The third kappa shape index (κ3) is 5.44. The lowest BCUT2D eigenvalue weighted by molar-refractivity contribution is -0.121. The number of carbonyl (C=O) groups is 1. The summed E-state index contributed by atoms with van der Waals surface area (Å²) in [6, 6.07) is 5.70. The molecule has 1 amide bonds. The number of nitrogens with zero attached hydrogens (tertiary/aromatic N) is 1. The Morgan fingerprint density at radius 1 is 1.31 bits per heavy atom. The van der Waals surface area contributed by atoms with E-state index in [4.69, 9.17) is 15.2 Å². The second kappa shape index (κ2) is 10.1. The lowest BCUT2D eigenvalue weighted by Crippen LogP contribution is -2.40. The van der Waals surface area contributed by atoms with E-state index in [1.165, 1.54) is 11.3 Å². The number of methoxy groups -OCH3 is 2. The van der Waals surface area contributed by atoms with Crippen LogP contribution in [0.2, 0.25) is 0 Å². The van der Waals surface area contributed by atoms with E-state index in [1.807, 2.05) is 23.6 Å². The van der Waals surface area contributed by atoms with Gasteiger partial charge in [0.2, 0.25) is 5.91 Å². The maximum Gasteiger partial charge on any atom is 0.226 e. The number of carbonyl (C=O) groups excluding carboxylic acids is 1. The zero-order valence-electron chi connectivity index (χ0n) is 15.6. The van der Waals surface area contributed by atoms with Crippen LogP contribution in [-0.2, 0) is 11.2 Å². The molecule has 0 bridgehead atoms. The number of rotatable bonds is 10. The maximum absolute atomic E-state index is 12.2. The molecule has 0 aliphatic carbocycles. The predicted octanol–water partition coefficient (Wildman–Crippen LogP) is 3.00. The van der Waals surface area contributed by atoms with Crippen molar-refractivity contribution in [2.24, 2.45) is 5.73 Å². The zero-order chi connectivity index (χ0) is 18.9. The van der Waals surface area contributed by atoms with Crippen molar-refractivity contribution in [1.82, 2.24) is 10.3 Å². The number of ether oxygens (including phenoxy) is 2. The average molecular weight is 378 g/mol. The van der Waals surface area contributed by atoms with Gasteiger partial charge in [0.25, 0.3) is 0 Å². The van der Waals surface area contributed by atoms with Crippen molar-refractivity contribution >= 4 is 17.2 Å². The molecule has 1 heterocycles. The fourth-order valence-corrected chi connectivity index (χ4v) is 3.45. The Balaban J connectivity index is 2.02. The second-order valence-corrected chi connectivity index (χ2v) is 6.89. The zero-order valence-corrected chi connectivity index (χ0v) is 16.4. The van der Waals surface area contributed by atoms with Gasteiger partial charge in [0, 0.05) is 23.5 Å². The van der Waals surface area contributed by atoms with Gasteiger partial charge in [-0.05, 0) is 24.6 Å². The van der Waals surface area contributed by atoms with E-state index in [2.05, 4.69) is 17.2 Å². The van der Waals surface area contributed by atoms with Crippen LogP contribution in [0.1, 0.15) is 31.9 Å². The molecule has 3 N–H and O–H groups in total. The fourth-order valence-electron chi connectivity index (χ4n) is 2.63. The van der Waals surface area contributed by atoms with Gasteiger partial charge in [-0.1, -0.05) is 19.8 Å². The summed E-state index contributed by atoms with van der Waals surface area (Å²) >= 11 is 1.50. The predicted molar refractivity (Wildman–Crippen MR) is 105 cm³/mol. The number of nitrogens with one attached hydrogen (secondary N) is 1. The van der Waals surface area contributed by atoms with Gasteiger partial charge in [-0.2, -0.15) is 0 Å². The summed E-state index contributed by atoms with van der Waals surface area (Å²) in [5.74, 6) is 1.29. The Bertz CT molecular complexity index is 718. The van der Waals surface area contributed by atoms with E-state index in [9.17, 15) is 4.79 Å². The van der Waals surface area contributed by atoms with Gasteiger partial charge in [-0.3, -0.25) is 4.79 Å². The summed E-state index contributed by atoms with van der Waals surface area (Å²) in [7, 11) is 3.21. The van der Waals surface area contributed by atoms with Crippen molar-refractivity contribution in [3.63, 3.8) is 0 Å².